The fourth-order valence-electron chi connectivity index (χ4n) is 5.00. The molecule has 0 aromatic heterocycles. The van der Waals surface area contributed by atoms with E-state index in [2.05, 4.69) is 31.9 Å². The molecule has 0 radical (unpaired) electrons. The zero-order valence-electron chi connectivity index (χ0n) is 14.2. The van der Waals surface area contributed by atoms with Gasteiger partial charge in [0.15, 0.2) is 6.29 Å². The molecule has 1 aromatic carbocycles. The van der Waals surface area contributed by atoms with Crippen LogP contribution in [0.5, 0.6) is 0 Å². The van der Waals surface area contributed by atoms with E-state index >= 15 is 0 Å². The lowest BCUT2D eigenvalue weighted by Crippen LogP contribution is -2.59. The van der Waals surface area contributed by atoms with E-state index in [0.29, 0.717) is 23.9 Å². The highest BCUT2D eigenvalue weighted by atomic mass is 79.9. The Bertz CT molecular complexity index is 845. The van der Waals surface area contributed by atoms with Crippen LogP contribution in [0.3, 0.4) is 0 Å². The largest absolute Gasteiger partial charge is 0.359 e. The van der Waals surface area contributed by atoms with Crippen molar-refractivity contribution >= 4 is 61.0 Å². The van der Waals surface area contributed by atoms with Gasteiger partial charge in [-0.1, -0.05) is 49.5 Å². The van der Waals surface area contributed by atoms with Crippen molar-refractivity contribution in [2.75, 3.05) is 18.1 Å². The molecule has 6 nitrogen and oxygen atoms in total. The molecule has 144 valence electrons. The lowest BCUT2D eigenvalue weighted by molar-refractivity contribution is -0.200. The predicted octanol–water partition coefficient (Wildman–Crippen LogP) is 2.89. The monoisotopic (exact) mass is 519 g/mol. The van der Waals surface area contributed by atoms with Crippen LogP contribution in [0, 0.1) is 11.8 Å². The van der Waals surface area contributed by atoms with Gasteiger partial charge in [-0.2, -0.15) is 0 Å². The van der Waals surface area contributed by atoms with Gasteiger partial charge in [0.2, 0.25) is 11.8 Å². The number of nitrogens with zero attached hydrogens (tertiary/aromatic N) is 1. The molecule has 4 aliphatic heterocycles. The standard InChI is InChI=1S/C18H16Br2ClNO5/c1-17-10-11(15(24)22(14(10)23)9-4-2-3-8(21)7-9)18(27-17,13(20)12(17)19)16-25-5-6-26-16/h2-4,7,10-13,16H,5-6H2,1H3/t10-,11+,12-,13+,17-,18+/m0/s1. The molecule has 9 heteroatoms. The number of amides is 2. The zero-order chi connectivity index (χ0) is 19.1. The molecule has 5 rings (SSSR count). The Morgan fingerprint density at radius 1 is 1.11 bits per heavy atom. The number of halogens is 3. The van der Waals surface area contributed by atoms with Crippen molar-refractivity contribution in [1.82, 2.24) is 0 Å². The summed E-state index contributed by atoms with van der Waals surface area (Å²) in [4.78, 5) is 27.7. The molecule has 0 saturated carbocycles. The summed E-state index contributed by atoms with van der Waals surface area (Å²) in [7, 11) is 0. The predicted molar refractivity (Wildman–Crippen MR) is 104 cm³/mol. The Hall–Kier alpha value is -0.510. The number of hydrogen-bond acceptors (Lipinski definition) is 5. The van der Waals surface area contributed by atoms with Crippen LogP contribution < -0.4 is 4.90 Å². The van der Waals surface area contributed by atoms with Gasteiger partial charge >= 0.3 is 0 Å². The number of anilines is 1. The second-order valence-corrected chi connectivity index (χ2v) is 9.87. The van der Waals surface area contributed by atoms with Gasteiger partial charge in [0.1, 0.15) is 5.60 Å². The van der Waals surface area contributed by atoms with Crippen LogP contribution in [0.25, 0.3) is 0 Å². The molecular weight excluding hydrogens is 505 g/mol. The van der Waals surface area contributed by atoms with E-state index in [0.717, 1.165) is 0 Å². The molecule has 2 amide bonds. The molecule has 6 atom stereocenters. The number of benzene rings is 1. The SMILES string of the molecule is C[C@@]12O[C@@](C3OCCO3)([C@H](Br)[C@@H]1Br)[C@H]1C(=O)N(c3cccc(Cl)c3)C(=O)[C@H]12. The molecule has 0 unspecified atom stereocenters. The molecule has 4 saturated heterocycles. The summed E-state index contributed by atoms with van der Waals surface area (Å²) in [5.74, 6) is -1.91. The molecule has 2 bridgehead atoms. The fourth-order valence-corrected chi connectivity index (χ4v) is 7.09. The number of rotatable bonds is 2. The number of carbonyl (C=O) groups excluding carboxylic acids is 2. The van der Waals surface area contributed by atoms with Gasteiger partial charge in [0.25, 0.3) is 0 Å². The number of hydrogen-bond donors (Lipinski definition) is 0. The van der Waals surface area contributed by atoms with Crippen LogP contribution in [0.2, 0.25) is 5.02 Å². The number of imide groups is 1. The van der Waals surface area contributed by atoms with Crippen LogP contribution in [-0.4, -0.2) is 52.2 Å². The maximum absolute atomic E-state index is 13.5. The first-order chi connectivity index (χ1) is 12.8. The third-order valence-corrected chi connectivity index (χ3v) is 9.73. The zero-order valence-corrected chi connectivity index (χ0v) is 18.2. The summed E-state index contributed by atoms with van der Waals surface area (Å²) in [6, 6.07) is 6.75. The summed E-state index contributed by atoms with van der Waals surface area (Å²) in [6.45, 7) is 2.72. The lowest BCUT2D eigenvalue weighted by atomic mass is 9.67. The van der Waals surface area contributed by atoms with Crippen LogP contribution >= 0.6 is 43.5 Å². The molecule has 0 spiro atoms. The molecule has 1 aromatic rings. The highest BCUT2D eigenvalue weighted by molar-refractivity contribution is 9.12. The minimum Gasteiger partial charge on any atom is -0.359 e. The number of ether oxygens (including phenoxy) is 3. The summed E-state index contributed by atoms with van der Waals surface area (Å²) >= 11 is 13.5. The van der Waals surface area contributed by atoms with Crippen LogP contribution in [0.4, 0.5) is 5.69 Å². The van der Waals surface area contributed by atoms with E-state index in [-0.39, 0.29) is 21.5 Å². The fraction of sp³-hybridized carbons (Fsp3) is 0.556. The van der Waals surface area contributed by atoms with Gasteiger partial charge < -0.3 is 14.2 Å². The van der Waals surface area contributed by atoms with Gasteiger partial charge in [0, 0.05) is 5.02 Å². The van der Waals surface area contributed by atoms with E-state index in [1.54, 1.807) is 24.3 Å². The van der Waals surface area contributed by atoms with E-state index in [1.165, 1.54) is 4.90 Å². The summed E-state index contributed by atoms with van der Waals surface area (Å²) in [5.41, 5.74) is -1.48. The topological polar surface area (TPSA) is 65.1 Å². The molecule has 4 heterocycles. The quantitative estimate of drug-likeness (QED) is 0.443. The van der Waals surface area contributed by atoms with E-state index in [9.17, 15) is 9.59 Å². The first kappa shape index (κ1) is 18.5. The Labute approximate surface area is 177 Å². The molecule has 4 fully saturated rings. The highest BCUT2D eigenvalue weighted by Crippen LogP contribution is 2.66. The van der Waals surface area contributed by atoms with Gasteiger partial charge in [-0.3, -0.25) is 9.59 Å². The average Bonchev–Trinajstić information content (AvgIpc) is 3.34. The van der Waals surface area contributed by atoms with E-state index in [4.69, 9.17) is 25.8 Å². The normalized spacial score (nSPS) is 43.8. The van der Waals surface area contributed by atoms with Crippen molar-refractivity contribution in [3.05, 3.63) is 29.3 Å². The third kappa shape index (κ3) is 2.17. The Kier molecular flexibility index (Phi) is 4.11. The van der Waals surface area contributed by atoms with Crippen LogP contribution in [0.15, 0.2) is 24.3 Å². The molecular formula is C18H16Br2ClNO5. The summed E-state index contributed by atoms with van der Waals surface area (Å²) < 4.78 is 18.0. The summed E-state index contributed by atoms with van der Waals surface area (Å²) in [6.07, 6.45) is -0.713. The molecule has 0 aliphatic carbocycles. The number of carbonyl (C=O) groups is 2. The second kappa shape index (κ2) is 6.00. The molecule has 0 N–H and O–H groups in total. The summed E-state index contributed by atoms with van der Waals surface area (Å²) in [5, 5.41) is 0.463. The third-order valence-electron chi connectivity index (χ3n) is 6.10. The minimum atomic E-state index is -1.08. The van der Waals surface area contributed by atoms with Crippen molar-refractivity contribution in [1.29, 1.82) is 0 Å². The first-order valence-electron chi connectivity index (χ1n) is 8.67. The maximum atomic E-state index is 13.5. The second-order valence-electron chi connectivity index (χ2n) is 7.46. The van der Waals surface area contributed by atoms with Crippen molar-refractivity contribution in [2.45, 2.75) is 34.1 Å². The molecule has 27 heavy (non-hydrogen) atoms. The number of alkyl halides is 2. The van der Waals surface area contributed by atoms with Crippen LogP contribution in [0.1, 0.15) is 6.92 Å². The van der Waals surface area contributed by atoms with Crippen molar-refractivity contribution in [3.8, 4) is 0 Å². The smallest absolute Gasteiger partial charge is 0.240 e. The minimum absolute atomic E-state index is 0.185. The Morgan fingerprint density at radius 3 is 2.44 bits per heavy atom. The molecule has 4 aliphatic rings. The van der Waals surface area contributed by atoms with Crippen molar-refractivity contribution in [2.24, 2.45) is 11.8 Å². The van der Waals surface area contributed by atoms with E-state index < -0.39 is 29.3 Å². The van der Waals surface area contributed by atoms with Gasteiger partial charge in [-0.15, -0.1) is 0 Å². The first-order valence-corrected chi connectivity index (χ1v) is 10.9. The van der Waals surface area contributed by atoms with Gasteiger partial charge in [-0.25, -0.2) is 4.90 Å². The Morgan fingerprint density at radius 2 is 1.78 bits per heavy atom. The van der Waals surface area contributed by atoms with Crippen molar-refractivity contribution in [3.63, 3.8) is 0 Å². The lowest BCUT2D eigenvalue weighted by Gasteiger charge is -2.39. The highest BCUT2D eigenvalue weighted by Gasteiger charge is 2.82. The number of fused-ring (bicyclic) bond motifs is 5. The van der Waals surface area contributed by atoms with Gasteiger partial charge in [0.05, 0.1) is 46.0 Å². The Balaban J connectivity index is 1.65. The van der Waals surface area contributed by atoms with Gasteiger partial charge in [-0.05, 0) is 25.1 Å². The van der Waals surface area contributed by atoms with E-state index in [1.807, 2.05) is 6.92 Å². The van der Waals surface area contributed by atoms with Crippen LogP contribution in [-0.2, 0) is 23.8 Å². The maximum Gasteiger partial charge on any atom is 0.240 e. The average molecular weight is 522 g/mol. The van der Waals surface area contributed by atoms with Crippen molar-refractivity contribution < 1.29 is 23.8 Å².